The second-order valence-electron chi connectivity index (χ2n) is 5.27. The zero-order chi connectivity index (χ0) is 16.9. The van der Waals surface area contributed by atoms with Crippen molar-refractivity contribution >= 4 is 22.0 Å². The van der Waals surface area contributed by atoms with Gasteiger partial charge in [0.15, 0.2) is 0 Å². The lowest BCUT2D eigenvalue weighted by molar-refractivity contribution is -0.153. The summed E-state index contributed by atoms with van der Waals surface area (Å²) in [5.41, 5.74) is 0.965. The highest BCUT2D eigenvalue weighted by Crippen LogP contribution is 2.19. The highest BCUT2D eigenvalue weighted by Gasteiger charge is 2.34. The van der Waals surface area contributed by atoms with Crippen molar-refractivity contribution in [1.29, 1.82) is 0 Å². The summed E-state index contributed by atoms with van der Waals surface area (Å²) in [6.07, 6.45) is 5.44. The second kappa shape index (κ2) is 7.55. The Morgan fingerprint density at radius 1 is 1.32 bits per heavy atom. The van der Waals surface area contributed by atoms with Crippen LogP contribution in [-0.4, -0.2) is 42.4 Å². The van der Waals surface area contributed by atoms with Crippen molar-refractivity contribution in [3.63, 3.8) is 0 Å². The van der Waals surface area contributed by atoms with E-state index in [0.717, 1.165) is 5.57 Å². The van der Waals surface area contributed by atoms with Gasteiger partial charge in [-0.2, -0.15) is 0 Å². The zero-order valence-electron chi connectivity index (χ0n) is 12.5. The molecule has 0 unspecified atom stereocenters. The van der Waals surface area contributed by atoms with E-state index in [1.54, 1.807) is 25.2 Å². The zero-order valence-corrected chi connectivity index (χ0v) is 13.3. The molecule has 0 spiro atoms. The summed E-state index contributed by atoms with van der Waals surface area (Å²) in [7, 11) is -3.74. The fourth-order valence-electron chi connectivity index (χ4n) is 2.28. The molecule has 3 atom stereocenters. The number of hydrogen-bond acceptors (Lipinski definition) is 4. The quantitative estimate of drug-likeness (QED) is 0.610. The molecule has 0 aromatic carbocycles. The van der Waals surface area contributed by atoms with Crippen LogP contribution < -0.4 is 4.72 Å². The molecule has 22 heavy (non-hydrogen) atoms. The molecular weight excluding hydrogens is 310 g/mol. The Kier molecular flexibility index (Phi) is 6.31. The van der Waals surface area contributed by atoms with E-state index in [9.17, 15) is 18.0 Å². The van der Waals surface area contributed by atoms with E-state index < -0.39 is 45.6 Å². The van der Waals surface area contributed by atoms with Gasteiger partial charge in [-0.05, 0) is 19.8 Å². The van der Waals surface area contributed by atoms with Crippen LogP contribution in [0, 0.1) is 11.8 Å². The van der Waals surface area contributed by atoms with Crippen LogP contribution in [0.2, 0.25) is 0 Å². The van der Waals surface area contributed by atoms with Crippen LogP contribution in [0.5, 0.6) is 0 Å². The number of nitrogens with one attached hydrogen (secondary N) is 1. The van der Waals surface area contributed by atoms with Crippen molar-refractivity contribution in [2.75, 3.05) is 6.54 Å². The van der Waals surface area contributed by atoms with Crippen LogP contribution in [0.3, 0.4) is 0 Å². The number of aliphatic carboxylic acids is 2. The molecule has 0 bridgehead atoms. The number of sulfonamides is 1. The molecule has 0 saturated carbocycles. The van der Waals surface area contributed by atoms with E-state index in [4.69, 9.17) is 10.2 Å². The maximum Gasteiger partial charge on any atom is 0.308 e. The van der Waals surface area contributed by atoms with E-state index in [-0.39, 0.29) is 6.42 Å². The number of carboxylic acids is 2. The van der Waals surface area contributed by atoms with Crippen LogP contribution in [0.25, 0.3) is 0 Å². The fraction of sp³-hybridized carbons (Fsp3) is 0.571. The van der Waals surface area contributed by atoms with E-state index in [1.807, 2.05) is 6.92 Å². The average Bonchev–Trinajstić information content (AvgIpc) is 2.43. The first kappa shape index (κ1) is 18.4. The average molecular weight is 331 g/mol. The molecule has 0 aromatic rings. The summed E-state index contributed by atoms with van der Waals surface area (Å²) < 4.78 is 26.6. The van der Waals surface area contributed by atoms with Crippen LogP contribution in [-0.2, 0) is 19.6 Å². The molecule has 0 aliphatic heterocycles. The van der Waals surface area contributed by atoms with E-state index in [1.165, 1.54) is 0 Å². The van der Waals surface area contributed by atoms with Gasteiger partial charge in [-0.25, -0.2) is 13.1 Å². The SMILES string of the molecule is CC[C@@H](C(=O)O)[C@H](CNS(=O)(=O)[C@H]1C=CC(C)=CC1)C(=O)O. The van der Waals surface area contributed by atoms with Gasteiger partial charge in [0.2, 0.25) is 10.0 Å². The third-order valence-corrected chi connectivity index (χ3v) is 5.42. The molecule has 8 heteroatoms. The van der Waals surface area contributed by atoms with Gasteiger partial charge in [0.1, 0.15) is 0 Å². The third kappa shape index (κ3) is 4.67. The highest BCUT2D eigenvalue weighted by molar-refractivity contribution is 7.90. The normalized spacial score (nSPS) is 21.0. The van der Waals surface area contributed by atoms with Crippen molar-refractivity contribution in [2.45, 2.75) is 31.9 Å². The predicted molar refractivity (Wildman–Crippen MR) is 80.8 cm³/mol. The third-order valence-electron chi connectivity index (χ3n) is 3.71. The molecule has 1 aliphatic rings. The van der Waals surface area contributed by atoms with Gasteiger partial charge in [0, 0.05) is 6.54 Å². The second-order valence-corrected chi connectivity index (χ2v) is 7.26. The molecule has 7 nitrogen and oxygen atoms in total. The molecule has 1 aliphatic carbocycles. The monoisotopic (exact) mass is 331 g/mol. The van der Waals surface area contributed by atoms with Gasteiger partial charge < -0.3 is 10.2 Å². The van der Waals surface area contributed by atoms with E-state index >= 15 is 0 Å². The first-order valence-electron chi connectivity index (χ1n) is 6.98. The molecule has 0 aromatic heterocycles. The van der Waals surface area contributed by atoms with Gasteiger partial charge >= 0.3 is 11.9 Å². The Morgan fingerprint density at radius 2 is 1.91 bits per heavy atom. The largest absolute Gasteiger partial charge is 0.481 e. The molecule has 0 saturated heterocycles. The summed E-state index contributed by atoms with van der Waals surface area (Å²) >= 11 is 0. The Bertz CT molecular complexity index is 592. The minimum atomic E-state index is -3.74. The molecule has 0 amide bonds. The van der Waals surface area contributed by atoms with Gasteiger partial charge in [-0.15, -0.1) is 0 Å². The van der Waals surface area contributed by atoms with Crippen LogP contribution in [0.1, 0.15) is 26.7 Å². The van der Waals surface area contributed by atoms with Crippen molar-refractivity contribution in [3.05, 3.63) is 23.8 Å². The van der Waals surface area contributed by atoms with Gasteiger partial charge in [0.05, 0.1) is 17.1 Å². The number of allylic oxidation sites excluding steroid dienone is 3. The maximum atomic E-state index is 12.2. The van der Waals surface area contributed by atoms with Crippen molar-refractivity contribution < 1.29 is 28.2 Å². The van der Waals surface area contributed by atoms with Gasteiger partial charge in [-0.1, -0.05) is 30.7 Å². The first-order valence-corrected chi connectivity index (χ1v) is 8.52. The molecule has 0 fully saturated rings. The van der Waals surface area contributed by atoms with E-state index in [2.05, 4.69) is 4.72 Å². The highest BCUT2D eigenvalue weighted by atomic mass is 32.2. The maximum absolute atomic E-state index is 12.2. The first-order chi connectivity index (χ1) is 10.2. The molecule has 3 N–H and O–H groups in total. The number of hydrogen-bond donors (Lipinski definition) is 3. The number of carbonyl (C=O) groups is 2. The molecule has 1 rings (SSSR count). The summed E-state index contributed by atoms with van der Waals surface area (Å²) in [6.45, 7) is 2.97. The molecular formula is C14H21NO6S. The summed E-state index contributed by atoms with van der Waals surface area (Å²) in [6, 6.07) is 0. The predicted octanol–water partition coefficient (Wildman–Crippen LogP) is 0.992. The van der Waals surface area contributed by atoms with Crippen molar-refractivity contribution in [2.24, 2.45) is 11.8 Å². The minimum Gasteiger partial charge on any atom is -0.481 e. The Morgan fingerprint density at radius 3 is 2.32 bits per heavy atom. The smallest absolute Gasteiger partial charge is 0.308 e. The van der Waals surface area contributed by atoms with Gasteiger partial charge in [0.25, 0.3) is 0 Å². The van der Waals surface area contributed by atoms with Crippen LogP contribution >= 0.6 is 0 Å². The van der Waals surface area contributed by atoms with Crippen molar-refractivity contribution in [1.82, 2.24) is 4.72 Å². The number of carboxylic acid groups (broad SMARTS) is 2. The molecule has 0 heterocycles. The lowest BCUT2D eigenvalue weighted by atomic mass is 9.90. The lowest BCUT2D eigenvalue weighted by Crippen LogP contribution is -2.42. The summed E-state index contributed by atoms with van der Waals surface area (Å²) in [4.78, 5) is 22.3. The fourth-order valence-corrected chi connectivity index (χ4v) is 3.54. The Balaban J connectivity index is 2.78. The van der Waals surface area contributed by atoms with Gasteiger partial charge in [-0.3, -0.25) is 9.59 Å². The van der Waals surface area contributed by atoms with Crippen LogP contribution in [0.15, 0.2) is 23.8 Å². The number of rotatable bonds is 8. The lowest BCUT2D eigenvalue weighted by Gasteiger charge is -2.21. The standard InChI is InChI=1S/C14H21NO6S/c1-3-11(13(16)17)12(14(18)19)8-15-22(20,21)10-6-4-9(2)5-7-10/h4-6,10-12,15H,3,7-8H2,1-2H3,(H,16,17)(H,18,19)/t10-,11+,12-/m0/s1. The topological polar surface area (TPSA) is 121 Å². The summed E-state index contributed by atoms with van der Waals surface area (Å²) in [5, 5.41) is 17.4. The van der Waals surface area contributed by atoms with Crippen LogP contribution in [0.4, 0.5) is 0 Å². The molecule has 0 radical (unpaired) electrons. The van der Waals surface area contributed by atoms with Crippen molar-refractivity contribution in [3.8, 4) is 0 Å². The Hall–Kier alpha value is -1.67. The van der Waals surface area contributed by atoms with E-state index in [0.29, 0.717) is 6.42 Å². The summed E-state index contributed by atoms with van der Waals surface area (Å²) in [5.74, 6) is -5.01. The molecule has 124 valence electrons. The minimum absolute atomic E-state index is 0.110. The Labute approximate surface area is 129 Å².